The molecule has 1 heterocycles. The highest BCUT2D eigenvalue weighted by Gasteiger charge is 2.19. The second kappa shape index (κ2) is 9.19. The summed E-state index contributed by atoms with van der Waals surface area (Å²) in [5.74, 6) is -0.888. The molecule has 8 heteroatoms. The highest BCUT2D eigenvalue weighted by molar-refractivity contribution is 6.10. The van der Waals surface area contributed by atoms with Gasteiger partial charge in [0.1, 0.15) is 23.6 Å². The molecule has 0 spiro atoms. The molecular formula is C18H18FN5O2. The topological polar surface area (TPSA) is 110 Å². The lowest BCUT2D eigenvalue weighted by Crippen LogP contribution is -2.37. The fraction of sp³-hybridized carbons (Fsp3) is 0.111. The number of hydrogen-bond donors (Lipinski definition) is 4. The number of aromatic nitrogens is 1. The number of pyridine rings is 1. The van der Waals surface area contributed by atoms with Gasteiger partial charge < -0.3 is 15.7 Å². The summed E-state index contributed by atoms with van der Waals surface area (Å²) in [6, 6.07) is 10.3. The van der Waals surface area contributed by atoms with E-state index >= 15 is 0 Å². The maximum absolute atomic E-state index is 13.0. The quantitative estimate of drug-likeness (QED) is 0.347. The van der Waals surface area contributed by atoms with E-state index in [9.17, 15) is 14.3 Å². The van der Waals surface area contributed by atoms with Crippen LogP contribution in [0.15, 0.2) is 65.4 Å². The Balaban J connectivity index is 2.17. The van der Waals surface area contributed by atoms with Gasteiger partial charge in [0.2, 0.25) is 0 Å². The van der Waals surface area contributed by atoms with Gasteiger partial charge in [0.05, 0.1) is 5.70 Å². The molecule has 0 aliphatic heterocycles. The monoisotopic (exact) mass is 355 g/mol. The number of nitrogens with one attached hydrogen (secondary N) is 3. The van der Waals surface area contributed by atoms with Gasteiger partial charge in [0.15, 0.2) is 6.23 Å². The summed E-state index contributed by atoms with van der Waals surface area (Å²) in [6.07, 6.45) is 2.44. The van der Waals surface area contributed by atoms with Gasteiger partial charge in [0.25, 0.3) is 5.91 Å². The van der Waals surface area contributed by atoms with Gasteiger partial charge in [-0.15, -0.1) is 0 Å². The van der Waals surface area contributed by atoms with E-state index in [-0.39, 0.29) is 17.1 Å². The zero-order chi connectivity index (χ0) is 18.9. The predicted octanol–water partition coefficient (Wildman–Crippen LogP) is 2.33. The molecular weight excluding hydrogens is 337 g/mol. The second-order valence-corrected chi connectivity index (χ2v) is 5.07. The number of allylic oxidation sites excluding steroid dienone is 1. The zero-order valence-corrected chi connectivity index (χ0v) is 14.0. The van der Waals surface area contributed by atoms with E-state index in [1.54, 1.807) is 31.2 Å². The lowest BCUT2D eigenvalue weighted by molar-refractivity contribution is 0.0962. The highest BCUT2D eigenvalue weighted by Crippen LogP contribution is 2.11. The van der Waals surface area contributed by atoms with Crippen molar-refractivity contribution in [1.82, 2.24) is 10.3 Å². The number of carbonyl (C=O) groups is 1. The van der Waals surface area contributed by atoms with Crippen LogP contribution in [0.3, 0.4) is 0 Å². The van der Waals surface area contributed by atoms with Crippen molar-refractivity contribution in [3.8, 4) is 0 Å². The van der Waals surface area contributed by atoms with Crippen LogP contribution in [0.2, 0.25) is 0 Å². The predicted molar refractivity (Wildman–Crippen MR) is 97.7 cm³/mol. The number of benzene rings is 1. The van der Waals surface area contributed by atoms with Crippen LogP contribution in [-0.2, 0) is 0 Å². The first kappa shape index (κ1) is 18.9. The van der Waals surface area contributed by atoms with Crippen LogP contribution < -0.4 is 10.6 Å². The SMILES string of the molecule is C/C=C(/NC(=O)c1ccccn1)C(=NC=N)C(O)Nc1ccc(F)cc1. The van der Waals surface area contributed by atoms with Crippen molar-refractivity contribution < 1.29 is 14.3 Å². The number of aliphatic hydroxyl groups excluding tert-OH is 1. The van der Waals surface area contributed by atoms with E-state index in [4.69, 9.17) is 5.41 Å². The summed E-state index contributed by atoms with van der Waals surface area (Å²) in [6.45, 7) is 1.65. The van der Waals surface area contributed by atoms with Gasteiger partial charge in [-0.3, -0.25) is 15.2 Å². The third-order valence-electron chi connectivity index (χ3n) is 3.32. The zero-order valence-electron chi connectivity index (χ0n) is 14.0. The number of anilines is 1. The molecule has 2 aromatic rings. The molecule has 0 aliphatic rings. The lowest BCUT2D eigenvalue weighted by atomic mass is 10.2. The molecule has 0 saturated carbocycles. The van der Waals surface area contributed by atoms with Gasteiger partial charge in [-0.05, 0) is 43.3 Å². The van der Waals surface area contributed by atoms with E-state index in [2.05, 4.69) is 20.6 Å². The number of hydrogen-bond acceptors (Lipinski definition) is 5. The average molecular weight is 355 g/mol. The molecule has 7 nitrogen and oxygen atoms in total. The van der Waals surface area contributed by atoms with Crippen molar-refractivity contribution in [1.29, 1.82) is 5.41 Å². The summed E-state index contributed by atoms with van der Waals surface area (Å²) in [4.78, 5) is 20.0. The molecule has 0 fully saturated rings. The molecule has 1 atom stereocenters. The Morgan fingerprint density at radius 3 is 2.62 bits per heavy atom. The molecule has 26 heavy (non-hydrogen) atoms. The van der Waals surface area contributed by atoms with Crippen LogP contribution in [0, 0.1) is 11.2 Å². The van der Waals surface area contributed by atoms with Crippen molar-refractivity contribution in [2.24, 2.45) is 4.99 Å². The van der Waals surface area contributed by atoms with Crippen LogP contribution in [0.25, 0.3) is 0 Å². The number of carbonyl (C=O) groups excluding carboxylic acids is 1. The first-order chi connectivity index (χ1) is 12.5. The van der Waals surface area contributed by atoms with Crippen molar-refractivity contribution in [3.05, 3.63) is 71.9 Å². The van der Waals surface area contributed by atoms with E-state index in [1.807, 2.05) is 0 Å². The van der Waals surface area contributed by atoms with Gasteiger partial charge in [-0.2, -0.15) is 0 Å². The molecule has 4 N–H and O–H groups in total. The average Bonchev–Trinajstić information content (AvgIpc) is 2.66. The molecule has 1 aromatic carbocycles. The van der Waals surface area contributed by atoms with Crippen molar-refractivity contribution >= 4 is 23.6 Å². The normalized spacial score (nSPS) is 13.0. The van der Waals surface area contributed by atoms with Crippen LogP contribution in [0.1, 0.15) is 17.4 Å². The van der Waals surface area contributed by atoms with E-state index in [0.29, 0.717) is 5.69 Å². The minimum absolute atomic E-state index is 0.0242. The Morgan fingerprint density at radius 1 is 1.31 bits per heavy atom. The summed E-state index contributed by atoms with van der Waals surface area (Å²) < 4.78 is 13.0. The number of rotatable bonds is 7. The van der Waals surface area contributed by atoms with Gasteiger partial charge in [-0.25, -0.2) is 9.38 Å². The Morgan fingerprint density at radius 2 is 2.04 bits per heavy atom. The van der Waals surface area contributed by atoms with E-state index in [1.165, 1.54) is 30.5 Å². The van der Waals surface area contributed by atoms with E-state index < -0.39 is 18.0 Å². The number of nitrogens with zero attached hydrogens (tertiary/aromatic N) is 2. The van der Waals surface area contributed by atoms with Crippen LogP contribution in [0.4, 0.5) is 10.1 Å². The number of halogens is 1. The third kappa shape index (κ3) is 5.05. The second-order valence-electron chi connectivity index (χ2n) is 5.07. The standard InChI is InChI=1S/C18H18FN5O2/c1-2-14(24-17(25)15-5-3-4-10-21-15)16(22-11-20)18(26)23-13-8-6-12(19)7-9-13/h2-11,18,20,23,26H,1H3,(H,24,25)/b14-2+,20-11?,22-16?. The third-order valence-corrected chi connectivity index (χ3v) is 3.32. The van der Waals surface area contributed by atoms with Crippen molar-refractivity contribution in [2.45, 2.75) is 13.2 Å². The molecule has 0 saturated heterocycles. The van der Waals surface area contributed by atoms with Gasteiger partial charge in [0, 0.05) is 11.9 Å². The molecule has 0 aliphatic carbocycles. The number of amides is 1. The molecule has 0 radical (unpaired) electrons. The highest BCUT2D eigenvalue weighted by atomic mass is 19.1. The Labute approximate surface area is 149 Å². The minimum Gasteiger partial charge on any atom is -0.368 e. The summed E-state index contributed by atoms with van der Waals surface area (Å²) in [5.41, 5.74) is 0.882. The molecule has 1 unspecified atom stereocenters. The Kier molecular flexibility index (Phi) is 6.69. The maximum Gasteiger partial charge on any atom is 0.274 e. The molecule has 1 amide bonds. The molecule has 134 valence electrons. The Hall–Kier alpha value is -3.39. The molecule has 1 aromatic heterocycles. The van der Waals surface area contributed by atoms with Crippen LogP contribution in [-0.4, -0.2) is 34.3 Å². The van der Waals surface area contributed by atoms with Crippen LogP contribution >= 0.6 is 0 Å². The summed E-state index contributed by atoms with van der Waals surface area (Å²) in [7, 11) is 0. The lowest BCUT2D eigenvalue weighted by Gasteiger charge is -2.19. The van der Waals surface area contributed by atoms with E-state index in [0.717, 1.165) is 6.34 Å². The fourth-order valence-electron chi connectivity index (χ4n) is 2.10. The van der Waals surface area contributed by atoms with Crippen molar-refractivity contribution in [3.63, 3.8) is 0 Å². The molecule has 2 rings (SSSR count). The first-order valence-corrected chi connectivity index (χ1v) is 7.71. The Bertz CT molecular complexity index is 819. The smallest absolute Gasteiger partial charge is 0.274 e. The summed E-state index contributed by atoms with van der Waals surface area (Å²) >= 11 is 0. The minimum atomic E-state index is -1.34. The largest absolute Gasteiger partial charge is 0.368 e. The van der Waals surface area contributed by atoms with Gasteiger partial charge >= 0.3 is 0 Å². The molecule has 0 bridgehead atoms. The fourth-order valence-corrected chi connectivity index (χ4v) is 2.10. The number of aliphatic hydroxyl groups is 1. The first-order valence-electron chi connectivity index (χ1n) is 7.71. The number of aliphatic imine (C=N–C) groups is 1. The van der Waals surface area contributed by atoms with Gasteiger partial charge in [-0.1, -0.05) is 12.1 Å². The van der Waals surface area contributed by atoms with Crippen LogP contribution in [0.5, 0.6) is 0 Å². The maximum atomic E-state index is 13.0. The van der Waals surface area contributed by atoms with Crippen molar-refractivity contribution in [2.75, 3.05) is 5.32 Å². The summed E-state index contributed by atoms with van der Waals surface area (Å²) in [5, 5.41) is 22.9.